The van der Waals surface area contributed by atoms with Gasteiger partial charge >= 0.3 is 5.97 Å². The van der Waals surface area contributed by atoms with Gasteiger partial charge in [-0.25, -0.2) is 9.63 Å². The number of nitrogens with zero attached hydrogens (tertiary/aromatic N) is 2. The van der Waals surface area contributed by atoms with Crippen LogP contribution >= 0.6 is 0 Å². The minimum absolute atomic E-state index is 0.338. The Morgan fingerprint density at radius 1 is 1.35 bits per heavy atom. The van der Waals surface area contributed by atoms with Crippen molar-refractivity contribution in [3.05, 3.63) is 42.2 Å². The van der Waals surface area contributed by atoms with Crippen LogP contribution in [-0.2, 0) is 14.4 Å². The Hall–Kier alpha value is -2.05. The Kier molecular flexibility index (Phi) is 4.60. The Labute approximate surface area is 118 Å². The number of ether oxygens (including phenoxy) is 1. The standard InChI is InChI=1S/C14H19N3O3/c1-4-19-14(18)12(3)20-16-10-11(2)17(15-16)13-8-6-5-7-9-13/h5-10,12,15H,4H2,1-3H3. The summed E-state index contributed by atoms with van der Waals surface area (Å²) in [6, 6.07) is 9.81. The van der Waals surface area contributed by atoms with Crippen LogP contribution in [0.1, 0.15) is 20.8 Å². The summed E-state index contributed by atoms with van der Waals surface area (Å²) < 4.78 is 4.90. The van der Waals surface area contributed by atoms with Gasteiger partial charge in [-0.15, -0.1) is 5.53 Å². The van der Waals surface area contributed by atoms with E-state index in [1.807, 2.05) is 42.3 Å². The number of allylic oxidation sites excluding steroid dienone is 1. The zero-order valence-electron chi connectivity index (χ0n) is 11.9. The van der Waals surface area contributed by atoms with Crippen molar-refractivity contribution in [1.29, 1.82) is 0 Å². The first-order chi connectivity index (χ1) is 9.61. The molecule has 0 saturated heterocycles. The van der Waals surface area contributed by atoms with E-state index in [2.05, 4.69) is 5.53 Å². The number of carbonyl (C=O) groups is 1. The summed E-state index contributed by atoms with van der Waals surface area (Å²) in [6.07, 6.45) is 1.09. The van der Waals surface area contributed by atoms with Gasteiger partial charge in [0, 0.05) is 0 Å². The first-order valence-corrected chi connectivity index (χ1v) is 6.54. The summed E-state index contributed by atoms with van der Waals surface area (Å²) in [5, 5.41) is 3.27. The molecule has 0 radical (unpaired) electrons. The lowest BCUT2D eigenvalue weighted by Gasteiger charge is -2.24. The third-order valence-corrected chi connectivity index (χ3v) is 2.76. The van der Waals surface area contributed by atoms with Crippen LogP contribution in [-0.4, -0.2) is 23.9 Å². The van der Waals surface area contributed by atoms with Crippen molar-refractivity contribution in [3.8, 4) is 0 Å². The summed E-state index contributed by atoms with van der Waals surface area (Å²) in [5.74, 6) is -0.390. The second kappa shape index (κ2) is 6.40. The largest absolute Gasteiger partial charge is 0.464 e. The van der Waals surface area contributed by atoms with Crippen molar-refractivity contribution in [2.75, 3.05) is 11.6 Å². The highest BCUT2D eigenvalue weighted by molar-refractivity contribution is 5.74. The number of hydrazine groups is 2. The number of para-hydroxylation sites is 1. The second-order valence-electron chi connectivity index (χ2n) is 4.37. The molecule has 1 heterocycles. The highest BCUT2D eigenvalue weighted by Gasteiger charge is 2.24. The van der Waals surface area contributed by atoms with E-state index in [1.165, 1.54) is 5.17 Å². The lowest BCUT2D eigenvalue weighted by Crippen LogP contribution is -2.43. The number of hydroxylamine groups is 1. The molecule has 0 aliphatic carbocycles. The molecular weight excluding hydrogens is 258 g/mol. The normalized spacial score (nSPS) is 16.1. The van der Waals surface area contributed by atoms with Gasteiger partial charge in [-0.05, 0) is 32.9 Å². The van der Waals surface area contributed by atoms with Crippen molar-refractivity contribution >= 4 is 11.7 Å². The molecule has 108 valence electrons. The molecule has 0 aromatic heterocycles. The molecular formula is C14H19N3O3. The molecule has 6 nitrogen and oxygen atoms in total. The van der Waals surface area contributed by atoms with Gasteiger partial charge in [-0.2, -0.15) is 5.17 Å². The first kappa shape index (κ1) is 14.4. The molecule has 1 N–H and O–H groups in total. The number of esters is 1. The fraction of sp³-hybridized carbons (Fsp3) is 0.357. The molecule has 1 unspecified atom stereocenters. The molecule has 0 amide bonds. The summed E-state index contributed by atoms with van der Waals surface area (Å²) >= 11 is 0. The van der Waals surface area contributed by atoms with Gasteiger partial charge in [-0.1, -0.05) is 18.2 Å². The maximum absolute atomic E-state index is 11.5. The van der Waals surface area contributed by atoms with Gasteiger partial charge in [0.2, 0.25) is 0 Å². The van der Waals surface area contributed by atoms with Crippen LogP contribution in [0.3, 0.4) is 0 Å². The quantitative estimate of drug-likeness (QED) is 0.831. The molecule has 0 spiro atoms. The molecule has 1 aliphatic rings. The Morgan fingerprint density at radius 2 is 2.05 bits per heavy atom. The van der Waals surface area contributed by atoms with Gasteiger partial charge in [0.05, 0.1) is 24.2 Å². The van der Waals surface area contributed by atoms with Gasteiger partial charge in [0.25, 0.3) is 0 Å². The highest BCUT2D eigenvalue weighted by atomic mass is 16.7. The van der Waals surface area contributed by atoms with Crippen LogP contribution < -0.4 is 10.5 Å². The number of benzene rings is 1. The van der Waals surface area contributed by atoms with E-state index < -0.39 is 12.1 Å². The van der Waals surface area contributed by atoms with E-state index in [1.54, 1.807) is 20.0 Å². The van der Waals surface area contributed by atoms with Crippen molar-refractivity contribution in [2.45, 2.75) is 26.9 Å². The summed E-state index contributed by atoms with van der Waals surface area (Å²) in [6.45, 7) is 5.69. The third-order valence-electron chi connectivity index (χ3n) is 2.76. The minimum Gasteiger partial charge on any atom is -0.464 e. The second-order valence-corrected chi connectivity index (χ2v) is 4.37. The Morgan fingerprint density at radius 3 is 2.70 bits per heavy atom. The fourth-order valence-electron chi connectivity index (χ4n) is 1.80. The van der Waals surface area contributed by atoms with Gasteiger partial charge in [-0.3, -0.25) is 5.01 Å². The molecule has 2 rings (SSSR count). The fourth-order valence-corrected chi connectivity index (χ4v) is 1.80. The van der Waals surface area contributed by atoms with E-state index in [0.717, 1.165) is 11.4 Å². The average Bonchev–Trinajstić information content (AvgIpc) is 2.80. The predicted octanol–water partition coefficient (Wildman–Crippen LogP) is 1.97. The third kappa shape index (κ3) is 3.28. The van der Waals surface area contributed by atoms with Crippen molar-refractivity contribution < 1.29 is 14.4 Å². The van der Waals surface area contributed by atoms with Crippen LogP contribution in [0.4, 0.5) is 5.69 Å². The summed E-state index contributed by atoms with van der Waals surface area (Å²) in [4.78, 5) is 17.0. The van der Waals surface area contributed by atoms with E-state index in [0.29, 0.717) is 6.61 Å². The van der Waals surface area contributed by atoms with Crippen LogP contribution in [0.5, 0.6) is 0 Å². The van der Waals surface area contributed by atoms with Crippen LogP contribution in [0.15, 0.2) is 42.2 Å². The predicted molar refractivity (Wildman–Crippen MR) is 74.8 cm³/mol. The molecule has 0 saturated carbocycles. The summed E-state index contributed by atoms with van der Waals surface area (Å²) in [7, 11) is 0. The average molecular weight is 277 g/mol. The number of rotatable bonds is 5. The van der Waals surface area contributed by atoms with Gasteiger partial charge < -0.3 is 4.74 Å². The monoisotopic (exact) mass is 277 g/mol. The zero-order chi connectivity index (χ0) is 14.5. The zero-order valence-corrected chi connectivity index (χ0v) is 11.9. The first-order valence-electron chi connectivity index (χ1n) is 6.54. The number of nitrogens with one attached hydrogen (secondary N) is 1. The summed E-state index contributed by atoms with van der Waals surface area (Å²) in [5.41, 5.74) is 4.96. The van der Waals surface area contributed by atoms with E-state index in [-0.39, 0.29) is 0 Å². The molecule has 1 aromatic rings. The smallest absolute Gasteiger partial charge is 0.337 e. The van der Waals surface area contributed by atoms with Crippen molar-refractivity contribution in [3.63, 3.8) is 0 Å². The molecule has 0 bridgehead atoms. The topological polar surface area (TPSA) is 54.0 Å². The number of anilines is 1. The lowest BCUT2D eigenvalue weighted by molar-refractivity contribution is -0.205. The number of carbonyl (C=O) groups excluding carboxylic acids is 1. The molecule has 1 aromatic carbocycles. The van der Waals surface area contributed by atoms with Crippen LogP contribution in [0.2, 0.25) is 0 Å². The van der Waals surface area contributed by atoms with Gasteiger partial charge in [0.1, 0.15) is 0 Å². The Bertz CT molecular complexity index is 490. The molecule has 20 heavy (non-hydrogen) atoms. The number of hydrogen-bond donors (Lipinski definition) is 1. The van der Waals surface area contributed by atoms with Crippen LogP contribution in [0.25, 0.3) is 0 Å². The number of hydrogen-bond acceptors (Lipinski definition) is 6. The molecule has 1 aliphatic heterocycles. The molecule has 1 atom stereocenters. The van der Waals surface area contributed by atoms with Gasteiger partial charge in [0.15, 0.2) is 6.10 Å². The van der Waals surface area contributed by atoms with E-state index in [9.17, 15) is 4.79 Å². The van der Waals surface area contributed by atoms with E-state index >= 15 is 0 Å². The van der Waals surface area contributed by atoms with Crippen LogP contribution in [0, 0.1) is 0 Å². The maximum Gasteiger partial charge on any atom is 0.337 e. The lowest BCUT2D eigenvalue weighted by atomic mass is 10.3. The van der Waals surface area contributed by atoms with Crippen molar-refractivity contribution in [1.82, 2.24) is 10.7 Å². The minimum atomic E-state index is -0.678. The maximum atomic E-state index is 11.5. The highest BCUT2D eigenvalue weighted by Crippen LogP contribution is 2.21. The molecule has 6 heteroatoms. The SMILES string of the molecule is CCOC(=O)C(C)ON1C=C(C)N(c2ccccc2)N1. The van der Waals surface area contributed by atoms with E-state index in [4.69, 9.17) is 9.57 Å². The van der Waals surface area contributed by atoms with Crippen molar-refractivity contribution in [2.24, 2.45) is 0 Å². The molecule has 0 fully saturated rings. The Balaban J connectivity index is 1.96.